The van der Waals surface area contributed by atoms with E-state index in [9.17, 15) is 18.0 Å². The van der Waals surface area contributed by atoms with Crippen molar-refractivity contribution in [3.05, 3.63) is 58.3 Å². The second kappa shape index (κ2) is 8.85. The predicted octanol–water partition coefficient (Wildman–Crippen LogP) is 4.27. The fourth-order valence-electron chi connectivity index (χ4n) is 4.30. The van der Waals surface area contributed by atoms with Crippen LogP contribution in [0.1, 0.15) is 20.3 Å². The third-order valence-corrected chi connectivity index (χ3v) is 6.02. The van der Waals surface area contributed by atoms with Crippen LogP contribution in [0.2, 0.25) is 0 Å². The predicted molar refractivity (Wildman–Crippen MR) is 122 cm³/mol. The van der Waals surface area contributed by atoms with Gasteiger partial charge in [0.1, 0.15) is 5.75 Å². The zero-order chi connectivity index (χ0) is 24.6. The summed E-state index contributed by atoms with van der Waals surface area (Å²) in [4.78, 5) is 28.9. The molecule has 4 rings (SSSR count). The molecule has 178 valence electrons. The normalized spacial score (nSPS) is 18.7. The smallest absolute Gasteiger partial charge is 0.406 e. The summed E-state index contributed by atoms with van der Waals surface area (Å²) in [5.41, 5.74) is 1.44. The molecule has 0 bridgehead atoms. The Hall–Kier alpha value is -3.81. The number of benzene rings is 1. The summed E-state index contributed by atoms with van der Waals surface area (Å²) < 4.78 is 42.9. The SMILES string of the molecule is [C-]#[N+]c1ccc2c(n1)c(N1C[C@@H](CC)N(c3ccc(OC(F)(F)F)cc3)C[C@@H]1C)nc(=O)n2C. The molecule has 11 heteroatoms. The molecule has 0 unspecified atom stereocenters. The maximum absolute atomic E-state index is 12.6. The van der Waals surface area contributed by atoms with Crippen LogP contribution in [0.15, 0.2) is 41.2 Å². The molecule has 1 aromatic carbocycles. The highest BCUT2D eigenvalue weighted by Gasteiger charge is 2.34. The lowest BCUT2D eigenvalue weighted by atomic mass is 10.0. The van der Waals surface area contributed by atoms with Gasteiger partial charge in [0.05, 0.1) is 5.52 Å². The van der Waals surface area contributed by atoms with Crippen LogP contribution in [-0.2, 0) is 7.05 Å². The Bertz CT molecular complexity index is 1300. The third-order valence-electron chi connectivity index (χ3n) is 6.02. The Balaban J connectivity index is 1.67. The number of anilines is 2. The van der Waals surface area contributed by atoms with Crippen molar-refractivity contribution in [1.82, 2.24) is 14.5 Å². The van der Waals surface area contributed by atoms with Gasteiger partial charge in [-0.2, -0.15) is 4.98 Å². The van der Waals surface area contributed by atoms with E-state index in [-0.39, 0.29) is 23.7 Å². The van der Waals surface area contributed by atoms with Crippen LogP contribution in [0.25, 0.3) is 15.9 Å². The van der Waals surface area contributed by atoms with Gasteiger partial charge < -0.3 is 19.4 Å². The fraction of sp³-hybridized carbons (Fsp3) is 0.391. The Morgan fingerprint density at radius 3 is 2.44 bits per heavy atom. The van der Waals surface area contributed by atoms with E-state index in [0.29, 0.717) is 29.9 Å². The molecule has 2 aromatic heterocycles. The minimum absolute atomic E-state index is 0.00976. The summed E-state index contributed by atoms with van der Waals surface area (Å²) in [5.74, 6) is 0.380. The van der Waals surface area contributed by atoms with Crippen LogP contribution in [0.5, 0.6) is 5.75 Å². The van der Waals surface area contributed by atoms with Gasteiger partial charge in [0.15, 0.2) is 5.82 Å². The molecule has 1 aliphatic heterocycles. The van der Waals surface area contributed by atoms with Crippen LogP contribution in [-0.4, -0.2) is 46.1 Å². The fourth-order valence-corrected chi connectivity index (χ4v) is 4.30. The van der Waals surface area contributed by atoms with E-state index >= 15 is 0 Å². The van der Waals surface area contributed by atoms with Crippen LogP contribution in [0, 0.1) is 6.57 Å². The molecular weight excluding hydrogens is 449 g/mol. The maximum Gasteiger partial charge on any atom is 0.573 e. The molecule has 1 fully saturated rings. The molecular formula is C23H23F3N6O2. The van der Waals surface area contributed by atoms with Crippen LogP contribution >= 0.6 is 0 Å². The largest absolute Gasteiger partial charge is 0.573 e. The molecule has 0 aliphatic carbocycles. The van der Waals surface area contributed by atoms with E-state index in [1.165, 1.54) is 16.7 Å². The second-order valence-corrected chi connectivity index (χ2v) is 8.18. The number of halogens is 3. The van der Waals surface area contributed by atoms with Crippen molar-refractivity contribution in [1.29, 1.82) is 0 Å². The third kappa shape index (κ3) is 4.48. The molecule has 8 nitrogen and oxygen atoms in total. The van der Waals surface area contributed by atoms with Gasteiger partial charge in [-0.15, -0.1) is 18.2 Å². The Kier molecular flexibility index (Phi) is 6.08. The summed E-state index contributed by atoms with van der Waals surface area (Å²) >= 11 is 0. The highest BCUT2D eigenvalue weighted by molar-refractivity contribution is 5.87. The Morgan fingerprint density at radius 1 is 1.12 bits per heavy atom. The number of aromatic nitrogens is 3. The number of pyridine rings is 1. The minimum atomic E-state index is -4.74. The first-order valence-corrected chi connectivity index (χ1v) is 10.8. The van der Waals surface area contributed by atoms with E-state index in [4.69, 9.17) is 6.57 Å². The highest BCUT2D eigenvalue weighted by Crippen LogP contribution is 2.32. The lowest BCUT2D eigenvalue weighted by Crippen LogP contribution is -2.58. The monoisotopic (exact) mass is 472 g/mol. The first-order chi connectivity index (χ1) is 16.1. The van der Waals surface area contributed by atoms with Gasteiger partial charge in [0.25, 0.3) is 5.82 Å². The van der Waals surface area contributed by atoms with Gasteiger partial charge in [0.2, 0.25) is 5.52 Å². The molecule has 1 saturated heterocycles. The van der Waals surface area contributed by atoms with Crippen molar-refractivity contribution >= 4 is 28.4 Å². The molecule has 0 N–H and O–H groups in total. The van der Waals surface area contributed by atoms with E-state index < -0.39 is 12.1 Å². The van der Waals surface area contributed by atoms with Crippen LogP contribution in [0.3, 0.4) is 0 Å². The van der Waals surface area contributed by atoms with Gasteiger partial charge in [-0.25, -0.2) is 4.79 Å². The molecule has 0 spiro atoms. The van der Waals surface area contributed by atoms with Crippen molar-refractivity contribution < 1.29 is 17.9 Å². The summed E-state index contributed by atoms with van der Waals surface area (Å²) in [6.07, 6.45) is -3.98. The lowest BCUT2D eigenvalue weighted by Gasteiger charge is -2.46. The van der Waals surface area contributed by atoms with Gasteiger partial charge in [-0.1, -0.05) is 13.5 Å². The van der Waals surface area contributed by atoms with E-state index in [2.05, 4.69) is 24.4 Å². The number of ether oxygens (including phenoxy) is 1. The molecule has 0 saturated carbocycles. The number of aryl methyl sites for hydroxylation is 1. The number of nitrogens with zero attached hydrogens (tertiary/aromatic N) is 6. The Morgan fingerprint density at radius 2 is 1.82 bits per heavy atom. The highest BCUT2D eigenvalue weighted by atomic mass is 19.4. The van der Waals surface area contributed by atoms with Crippen molar-refractivity contribution in [3.63, 3.8) is 0 Å². The molecule has 34 heavy (non-hydrogen) atoms. The van der Waals surface area contributed by atoms with Crippen LogP contribution < -0.4 is 20.2 Å². The summed E-state index contributed by atoms with van der Waals surface area (Å²) in [6, 6.07) is 9.03. The number of alkyl halides is 3. The number of fused-ring (bicyclic) bond motifs is 1. The van der Waals surface area contributed by atoms with E-state index in [0.717, 1.165) is 12.1 Å². The average molecular weight is 472 g/mol. The molecule has 0 radical (unpaired) electrons. The van der Waals surface area contributed by atoms with Gasteiger partial charge >= 0.3 is 12.1 Å². The van der Waals surface area contributed by atoms with E-state index in [1.54, 1.807) is 31.3 Å². The second-order valence-electron chi connectivity index (χ2n) is 8.18. The summed E-state index contributed by atoms with van der Waals surface area (Å²) in [7, 11) is 1.61. The van der Waals surface area contributed by atoms with Gasteiger partial charge in [0, 0.05) is 37.9 Å². The van der Waals surface area contributed by atoms with E-state index in [1.807, 2.05) is 18.7 Å². The van der Waals surface area contributed by atoms with Gasteiger partial charge in [-0.3, -0.25) is 4.57 Å². The molecule has 2 atom stereocenters. The average Bonchev–Trinajstić information content (AvgIpc) is 2.80. The summed E-state index contributed by atoms with van der Waals surface area (Å²) in [5, 5.41) is 0. The van der Waals surface area contributed by atoms with Crippen LogP contribution in [0.4, 0.5) is 30.5 Å². The number of piperazine rings is 1. The number of hydrogen-bond donors (Lipinski definition) is 0. The first kappa shape index (κ1) is 23.4. The Labute approximate surface area is 194 Å². The molecule has 1 aliphatic rings. The summed E-state index contributed by atoms with van der Waals surface area (Å²) in [6.45, 7) is 12.4. The zero-order valence-electron chi connectivity index (χ0n) is 18.9. The molecule has 0 amide bonds. The van der Waals surface area contributed by atoms with Crippen molar-refractivity contribution in [2.24, 2.45) is 7.05 Å². The number of hydrogen-bond acceptors (Lipinski definition) is 6. The minimum Gasteiger partial charge on any atom is -0.406 e. The topological polar surface area (TPSA) is 67.9 Å². The molecule has 3 aromatic rings. The van der Waals surface area contributed by atoms with Crippen molar-refractivity contribution in [3.8, 4) is 5.75 Å². The zero-order valence-corrected chi connectivity index (χ0v) is 18.9. The van der Waals surface area contributed by atoms with Gasteiger partial charge in [-0.05, 0) is 49.7 Å². The quantitative estimate of drug-likeness (QED) is 0.529. The standard InChI is InChI=1S/C23H23F3N6O2/c1-5-15-13-31(21-20-18(30(4)22(33)29-21)10-11-19(27-3)28-20)14(2)12-32(15)16-6-8-17(9-7-16)34-23(24,25)26/h6-11,14-15H,5,12-13H2,1-2,4H3/t14-,15+/m0/s1. The van der Waals surface area contributed by atoms with Crippen molar-refractivity contribution in [2.45, 2.75) is 38.7 Å². The van der Waals surface area contributed by atoms with Crippen molar-refractivity contribution in [2.75, 3.05) is 22.9 Å². The molecule has 3 heterocycles. The number of rotatable bonds is 4. The first-order valence-electron chi connectivity index (χ1n) is 10.8. The lowest BCUT2D eigenvalue weighted by molar-refractivity contribution is -0.274. The maximum atomic E-state index is 12.6.